The molecular formula is C23H37F2N7O. The van der Waals surface area contributed by atoms with Crippen molar-refractivity contribution in [3.63, 3.8) is 0 Å². The predicted molar refractivity (Wildman–Crippen MR) is 128 cm³/mol. The van der Waals surface area contributed by atoms with E-state index in [1.807, 2.05) is 25.8 Å². The lowest BCUT2D eigenvalue weighted by molar-refractivity contribution is -0.116. The Morgan fingerprint density at radius 1 is 1.30 bits per heavy atom. The molecule has 1 aromatic heterocycles. The molecule has 0 bridgehead atoms. The van der Waals surface area contributed by atoms with Gasteiger partial charge in [-0.05, 0) is 31.4 Å². The molecule has 1 aliphatic heterocycles. The summed E-state index contributed by atoms with van der Waals surface area (Å²) in [4.78, 5) is 20.9. The second-order valence-corrected chi connectivity index (χ2v) is 9.06. The number of carbonyl (C=O) groups excluding carboxylic acids is 1. The lowest BCUT2D eigenvalue weighted by Gasteiger charge is -2.34. The van der Waals surface area contributed by atoms with E-state index in [0.29, 0.717) is 60.4 Å². The van der Waals surface area contributed by atoms with E-state index in [9.17, 15) is 13.6 Å². The molecule has 0 aliphatic carbocycles. The molecule has 33 heavy (non-hydrogen) atoms. The third-order valence-electron chi connectivity index (χ3n) is 5.43. The number of amides is 1. The zero-order valence-electron chi connectivity index (χ0n) is 20.3. The number of aryl methyl sites for hydroxylation is 1. The van der Waals surface area contributed by atoms with E-state index in [-0.39, 0.29) is 13.0 Å². The fourth-order valence-electron chi connectivity index (χ4n) is 3.79. The van der Waals surface area contributed by atoms with Crippen LogP contribution in [0.2, 0.25) is 0 Å². The van der Waals surface area contributed by atoms with Crippen molar-refractivity contribution in [3.8, 4) is 0 Å². The van der Waals surface area contributed by atoms with Crippen LogP contribution in [0, 0.1) is 12.8 Å². The quantitative estimate of drug-likeness (QED) is 0.312. The van der Waals surface area contributed by atoms with Gasteiger partial charge in [-0.1, -0.05) is 13.8 Å². The molecule has 1 amide bonds. The van der Waals surface area contributed by atoms with Crippen LogP contribution in [0.15, 0.2) is 30.2 Å². The summed E-state index contributed by atoms with van der Waals surface area (Å²) in [5.41, 5.74) is 9.30. The van der Waals surface area contributed by atoms with Gasteiger partial charge in [-0.15, -0.1) is 0 Å². The van der Waals surface area contributed by atoms with Crippen molar-refractivity contribution in [2.24, 2.45) is 17.5 Å². The number of nitrogens with two attached hydrogens (primary N) is 2. The van der Waals surface area contributed by atoms with Crippen molar-refractivity contribution in [1.82, 2.24) is 19.8 Å². The molecule has 0 unspecified atom stereocenters. The highest BCUT2D eigenvalue weighted by molar-refractivity contribution is 5.65. The Balaban J connectivity index is 2.22. The number of likely N-dealkylation sites (N-methyl/N-ethyl adjacent to an activating group) is 2. The number of hydrogen-bond donors (Lipinski definition) is 2. The Morgan fingerprint density at radius 2 is 2.00 bits per heavy atom. The molecule has 0 atom stereocenters. The minimum atomic E-state index is -2.69. The maximum absolute atomic E-state index is 13.9. The Bertz CT molecular complexity index is 870. The SMILES string of the molecule is Cc1nc(/C(N)=C(\CN(C)/C=C\N(C=O)CC(C)C)N(C)N)ccc1N1CCCC(F)(F)C1. The van der Waals surface area contributed by atoms with Gasteiger partial charge < -0.3 is 25.4 Å². The summed E-state index contributed by atoms with van der Waals surface area (Å²) in [6.45, 7) is 7.14. The van der Waals surface area contributed by atoms with Crippen molar-refractivity contribution < 1.29 is 13.6 Å². The topological polar surface area (TPSA) is 95.0 Å². The number of alkyl halides is 2. The lowest BCUT2D eigenvalue weighted by Crippen LogP contribution is -2.43. The number of pyridine rings is 1. The van der Waals surface area contributed by atoms with E-state index in [2.05, 4.69) is 4.98 Å². The third kappa shape index (κ3) is 7.59. The number of piperidine rings is 1. The van der Waals surface area contributed by atoms with Crippen molar-refractivity contribution in [1.29, 1.82) is 0 Å². The van der Waals surface area contributed by atoms with E-state index in [4.69, 9.17) is 11.6 Å². The molecule has 4 N–H and O–H groups in total. The summed E-state index contributed by atoms with van der Waals surface area (Å²) >= 11 is 0. The normalized spacial score (nSPS) is 16.7. The zero-order chi connectivity index (χ0) is 24.8. The second-order valence-electron chi connectivity index (χ2n) is 9.06. The molecule has 10 heteroatoms. The first kappa shape index (κ1) is 26.4. The van der Waals surface area contributed by atoms with E-state index >= 15 is 0 Å². The molecule has 1 aliphatic rings. The van der Waals surface area contributed by atoms with Crippen LogP contribution in [0.25, 0.3) is 5.70 Å². The highest BCUT2D eigenvalue weighted by Crippen LogP contribution is 2.31. The van der Waals surface area contributed by atoms with Crippen LogP contribution in [-0.4, -0.2) is 72.4 Å². The first-order chi connectivity index (χ1) is 15.4. The Hall–Kier alpha value is -2.88. The van der Waals surface area contributed by atoms with Gasteiger partial charge in [-0.2, -0.15) is 0 Å². The predicted octanol–water partition coefficient (Wildman–Crippen LogP) is 2.58. The minimum Gasteiger partial charge on any atom is -0.395 e. The van der Waals surface area contributed by atoms with Crippen LogP contribution in [0.4, 0.5) is 14.5 Å². The maximum Gasteiger partial charge on any atom is 0.265 e. The smallest absolute Gasteiger partial charge is 0.265 e. The Morgan fingerprint density at radius 3 is 2.55 bits per heavy atom. The average Bonchev–Trinajstić information content (AvgIpc) is 2.73. The van der Waals surface area contributed by atoms with Gasteiger partial charge in [-0.3, -0.25) is 4.79 Å². The van der Waals surface area contributed by atoms with Crippen LogP contribution in [0.5, 0.6) is 0 Å². The fourth-order valence-corrected chi connectivity index (χ4v) is 3.79. The number of carbonyl (C=O) groups is 1. The van der Waals surface area contributed by atoms with Gasteiger partial charge in [0.1, 0.15) is 0 Å². The summed E-state index contributed by atoms with van der Waals surface area (Å²) in [6, 6.07) is 3.53. The van der Waals surface area contributed by atoms with Crippen LogP contribution >= 0.6 is 0 Å². The van der Waals surface area contributed by atoms with E-state index < -0.39 is 5.92 Å². The van der Waals surface area contributed by atoms with Crippen molar-refractivity contribution in [2.45, 2.75) is 39.5 Å². The van der Waals surface area contributed by atoms with Crippen molar-refractivity contribution in [2.75, 3.05) is 45.2 Å². The van der Waals surface area contributed by atoms with Gasteiger partial charge in [0.2, 0.25) is 6.41 Å². The molecule has 2 heterocycles. The summed E-state index contributed by atoms with van der Waals surface area (Å²) in [5.74, 6) is 3.70. The monoisotopic (exact) mass is 465 g/mol. The van der Waals surface area contributed by atoms with Gasteiger partial charge in [0.25, 0.3) is 5.92 Å². The molecule has 0 radical (unpaired) electrons. The molecule has 1 aromatic rings. The molecule has 8 nitrogen and oxygen atoms in total. The largest absolute Gasteiger partial charge is 0.395 e. The number of anilines is 1. The molecule has 184 valence electrons. The van der Waals surface area contributed by atoms with E-state index in [1.165, 1.54) is 5.01 Å². The average molecular weight is 466 g/mol. The highest BCUT2D eigenvalue weighted by Gasteiger charge is 2.35. The molecule has 1 fully saturated rings. The van der Waals surface area contributed by atoms with Gasteiger partial charge in [0, 0.05) is 46.0 Å². The van der Waals surface area contributed by atoms with Gasteiger partial charge in [0.15, 0.2) is 0 Å². The zero-order valence-corrected chi connectivity index (χ0v) is 20.3. The number of rotatable bonds is 10. The molecule has 0 aromatic carbocycles. The number of aromatic nitrogens is 1. The van der Waals surface area contributed by atoms with Gasteiger partial charge in [-0.25, -0.2) is 19.6 Å². The van der Waals surface area contributed by atoms with Gasteiger partial charge >= 0.3 is 0 Å². The molecule has 2 rings (SSSR count). The number of hydrogen-bond acceptors (Lipinski definition) is 7. The maximum atomic E-state index is 13.9. The summed E-state index contributed by atoms with van der Waals surface area (Å²) in [6.07, 6.45) is 4.64. The van der Waals surface area contributed by atoms with Crippen molar-refractivity contribution in [3.05, 3.63) is 41.6 Å². The Kier molecular flexibility index (Phi) is 9.04. The highest BCUT2D eigenvalue weighted by atomic mass is 19.3. The van der Waals surface area contributed by atoms with Gasteiger partial charge in [0.05, 0.1) is 41.6 Å². The minimum absolute atomic E-state index is 0.0834. The Labute approximate surface area is 195 Å². The standard InChI is InChI=1S/C23H37F2N7O/c1-17(2)13-31(16-33)12-11-29(4)14-21(30(5)27)22(26)19-7-8-20(18(3)28-19)32-10-6-9-23(24,25)15-32/h7-8,11-12,16-17H,6,9-10,13-15,26-27H2,1-5H3/b12-11-,22-21-. The number of hydrazine groups is 1. The van der Waals surface area contributed by atoms with Crippen LogP contribution < -0.4 is 16.5 Å². The first-order valence-corrected chi connectivity index (χ1v) is 11.1. The molecule has 1 saturated heterocycles. The van der Waals surface area contributed by atoms with Crippen LogP contribution in [-0.2, 0) is 4.79 Å². The lowest BCUT2D eigenvalue weighted by atomic mass is 10.1. The van der Waals surface area contributed by atoms with Crippen LogP contribution in [0.1, 0.15) is 38.1 Å². The fraction of sp³-hybridized carbons (Fsp3) is 0.565. The molecular weight excluding hydrogens is 428 g/mol. The number of nitrogens with zero attached hydrogens (tertiary/aromatic N) is 5. The number of halogens is 2. The first-order valence-electron chi connectivity index (χ1n) is 11.1. The second kappa shape index (κ2) is 11.3. The van der Waals surface area contributed by atoms with E-state index in [0.717, 1.165) is 6.41 Å². The molecule has 0 saturated carbocycles. The summed E-state index contributed by atoms with van der Waals surface area (Å²) < 4.78 is 27.7. The van der Waals surface area contributed by atoms with Crippen LogP contribution in [0.3, 0.4) is 0 Å². The summed E-state index contributed by atoms with van der Waals surface area (Å²) in [7, 11) is 3.54. The molecule has 0 spiro atoms. The van der Waals surface area contributed by atoms with E-state index in [1.54, 1.807) is 48.3 Å². The third-order valence-corrected chi connectivity index (χ3v) is 5.43. The summed E-state index contributed by atoms with van der Waals surface area (Å²) in [5, 5.41) is 1.43. The van der Waals surface area contributed by atoms with Crippen molar-refractivity contribution >= 4 is 17.8 Å².